The molecule has 1 rings (SSSR count). The number of hydrogen-bond donors (Lipinski definition) is 0. The molecule has 0 amide bonds. The molecule has 18 heavy (non-hydrogen) atoms. The highest BCUT2D eigenvalue weighted by atomic mass is 16.5. The van der Waals surface area contributed by atoms with Crippen LogP contribution in [0.3, 0.4) is 0 Å². The van der Waals surface area contributed by atoms with Crippen molar-refractivity contribution in [2.24, 2.45) is 0 Å². The summed E-state index contributed by atoms with van der Waals surface area (Å²) in [6.45, 7) is 13.4. The third-order valence-corrected chi connectivity index (χ3v) is 3.22. The second-order valence-corrected chi connectivity index (χ2v) is 4.31. The smallest absolute Gasteiger partial charge is 0.142 e. The topological polar surface area (TPSA) is 21.7 Å². The molecule has 3 heteroatoms. The van der Waals surface area contributed by atoms with Crippen molar-refractivity contribution in [3.8, 4) is 0 Å². The lowest BCUT2D eigenvalue weighted by Gasteiger charge is -2.29. The average molecular weight is 251 g/mol. The van der Waals surface area contributed by atoms with E-state index in [1.165, 1.54) is 0 Å². The third kappa shape index (κ3) is 4.00. The van der Waals surface area contributed by atoms with E-state index in [2.05, 4.69) is 31.4 Å². The molecule has 0 aliphatic heterocycles. The van der Waals surface area contributed by atoms with Gasteiger partial charge in [-0.05, 0) is 38.2 Å². The van der Waals surface area contributed by atoms with Crippen molar-refractivity contribution in [1.82, 2.24) is 4.90 Å². The number of nitrogens with zero attached hydrogens (tertiary/aromatic N) is 1. The lowest BCUT2D eigenvalue weighted by atomic mass is 9.94. The lowest BCUT2D eigenvalue weighted by Crippen LogP contribution is -2.29. The zero-order valence-corrected chi connectivity index (χ0v) is 11.8. The molecule has 0 aromatic carbocycles. The Morgan fingerprint density at radius 3 is 2.56 bits per heavy atom. The van der Waals surface area contributed by atoms with Gasteiger partial charge >= 0.3 is 0 Å². The zero-order valence-electron chi connectivity index (χ0n) is 11.8. The van der Waals surface area contributed by atoms with Gasteiger partial charge in [0.25, 0.3) is 0 Å². The number of allylic oxidation sites excluding steroid dienone is 1. The molecule has 0 heterocycles. The van der Waals surface area contributed by atoms with E-state index in [0.717, 1.165) is 25.3 Å². The second kappa shape index (κ2) is 7.39. The molecular weight excluding hydrogens is 226 g/mol. The largest absolute Gasteiger partial charge is 0.478 e. The highest BCUT2D eigenvalue weighted by Crippen LogP contribution is 2.26. The van der Waals surface area contributed by atoms with E-state index in [1.54, 1.807) is 0 Å². The number of hydrogen-bond acceptors (Lipinski definition) is 3. The van der Waals surface area contributed by atoms with E-state index in [1.807, 2.05) is 25.2 Å². The minimum absolute atomic E-state index is 0.350. The molecular formula is C15H25NO2. The van der Waals surface area contributed by atoms with Crippen LogP contribution in [0, 0.1) is 0 Å². The molecule has 3 nitrogen and oxygen atoms in total. The van der Waals surface area contributed by atoms with Crippen LogP contribution in [-0.2, 0) is 9.47 Å². The van der Waals surface area contributed by atoms with Crippen LogP contribution < -0.4 is 0 Å². The summed E-state index contributed by atoms with van der Waals surface area (Å²) in [7, 11) is 0. The Hall–Kier alpha value is -1.06. The van der Waals surface area contributed by atoms with Gasteiger partial charge in [-0.3, -0.25) is 4.90 Å². The molecule has 0 radical (unpaired) electrons. The van der Waals surface area contributed by atoms with Crippen molar-refractivity contribution in [1.29, 1.82) is 0 Å². The summed E-state index contributed by atoms with van der Waals surface area (Å²) in [4.78, 5) is 2.23. The quantitative estimate of drug-likeness (QED) is 0.489. The number of rotatable bonds is 8. The fraction of sp³-hybridized carbons (Fsp3) is 0.600. The van der Waals surface area contributed by atoms with Crippen LogP contribution in [0.15, 0.2) is 36.6 Å². The molecule has 0 bridgehead atoms. The Kier molecular flexibility index (Phi) is 6.16. The molecule has 0 fully saturated rings. The van der Waals surface area contributed by atoms with Gasteiger partial charge in [-0.25, -0.2) is 0 Å². The van der Waals surface area contributed by atoms with Crippen LogP contribution in [0.25, 0.3) is 0 Å². The molecule has 0 saturated heterocycles. The number of ether oxygens (including phenoxy) is 2. The van der Waals surface area contributed by atoms with Crippen molar-refractivity contribution < 1.29 is 9.47 Å². The Balaban J connectivity index is 2.49. The van der Waals surface area contributed by atoms with E-state index in [9.17, 15) is 0 Å². The minimum Gasteiger partial charge on any atom is -0.478 e. The first-order valence-corrected chi connectivity index (χ1v) is 6.71. The van der Waals surface area contributed by atoms with Crippen LogP contribution in [0.5, 0.6) is 0 Å². The van der Waals surface area contributed by atoms with Crippen LogP contribution in [-0.4, -0.2) is 36.9 Å². The summed E-state index contributed by atoms with van der Waals surface area (Å²) in [6, 6.07) is 0. The maximum Gasteiger partial charge on any atom is 0.142 e. The summed E-state index contributed by atoms with van der Waals surface area (Å²) in [5.74, 6) is 0.916. The van der Waals surface area contributed by atoms with Gasteiger partial charge in [0, 0.05) is 13.0 Å². The normalized spacial score (nSPS) is 23.0. The van der Waals surface area contributed by atoms with Gasteiger partial charge in [0.2, 0.25) is 0 Å². The Morgan fingerprint density at radius 1 is 1.39 bits per heavy atom. The standard InChI is InChI=1S/C15H25NO2/c1-5-15(18-8-4)11-9-14(10-12-15)17-13-16(6-2)7-3/h5,9-11H,1,6-8,12-13H2,2-4H3. The predicted octanol–water partition coefficient (Wildman–Crippen LogP) is 3.11. The van der Waals surface area contributed by atoms with Crippen LogP contribution in [0.1, 0.15) is 27.2 Å². The van der Waals surface area contributed by atoms with Gasteiger partial charge in [0.05, 0.1) is 0 Å². The summed E-state index contributed by atoms with van der Waals surface area (Å²) in [6.07, 6.45) is 8.71. The van der Waals surface area contributed by atoms with Crippen LogP contribution >= 0.6 is 0 Å². The predicted molar refractivity (Wildman–Crippen MR) is 75.3 cm³/mol. The molecule has 1 atom stereocenters. The van der Waals surface area contributed by atoms with Gasteiger partial charge in [0.1, 0.15) is 18.1 Å². The van der Waals surface area contributed by atoms with Crippen LogP contribution in [0.4, 0.5) is 0 Å². The van der Waals surface area contributed by atoms with Crippen LogP contribution in [0.2, 0.25) is 0 Å². The Bertz CT molecular complexity index is 318. The fourth-order valence-corrected chi connectivity index (χ4v) is 1.88. The molecule has 1 aliphatic carbocycles. The Morgan fingerprint density at radius 2 is 2.11 bits per heavy atom. The van der Waals surface area contributed by atoms with Crippen molar-refractivity contribution in [2.75, 3.05) is 26.4 Å². The first-order chi connectivity index (χ1) is 8.69. The van der Waals surface area contributed by atoms with Gasteiger partial charge < -0.3 is 9.47 Å². The van der Waals surface area contributed by atoms with Crippen molar-refractivity contribution >= 4 is 0 Å². The van der Waals surface area contributed by atoms with E-state index in [-0.39, 0.29) is 5.60 Å². The molecule has 1 aliphatic rings. The molecule has 0 aromatic heterocycles. The Labute approximate surface area is 111 Å². The van der Waals surface area contributed by atoms with Gasteiger partial charge in [-0.1, -0.05) is 26.5 Å². The lowest BCUT2D eigenvalue weighted by molar-refractivity contribution is 0.0335. The summed E-state index contributed by atoms with van der Waals surface area (Å²) in [5, 5.41) is 0. The van der Waals surface area contributed by atoms with E-state index in [4.69, 9.17) is 9.47 Å². The first-order valence-electron chi connectivity index (χ1n) is 6.71. The van der Waals surface area contributed by atoms with Crippen molar-refractivity contribution in [2.45, 2.75) is 32.8 Å². The van der Waals surface area contributed by atoms with E-state index >= 15 is 0 Å². The second-order valence-electron chi connectivity index (χ2n) is 4.31. The molecule has 0 aromatic rings. The van der Waals surface area contributed by atoms with E-state index in [0.29, 0.717) is 13.3 Å². The fourth-order valence-electron chi connectivity index (χ4n) is 1.88. The zero-order chi connectivity index (χ0) is 13.4. The maximum absolute atomic E-state index is 5.75. The molecule has 1 unspecified atom stereocenters. The monoisotopic (exact) mass is 251 g/mol. The summed E-state index contributed by atoms with van der Waals surface area (Å²) < 4.78 is 11.5. The van der Waals surface area contributed by atoms with Crippen molar-refractivity contribution in [3.05, 3.63) is 36.6 Å². The average Bonchev–Trinajstić information content (AvgIpc) is 2.42. The molecule has 0 spiro atoms. The summed E-state index contributed by atoms with van der Waals surface area (Å²) >= 11 is 0. The molecule has 0 N–H and O–H groups in total. The third-order valence-electron chi connectivity index (χ3n) is 3.22. The molecule has 102 valence electrons. The first kappa shape index (κ1) is 15.0. The van der Waals surface area contributed by atoms with Crippen molar-refractivity contribution in [3.63, 3.8) is 0 Å². The van der Waals surface area contributed by atoms with Gasteiger partial charge in [0.15, 0.2) is 0 Å². The summed E-state index contributed by atoms with van der Waals surface area (Å²) in [5.41, 5.74) is -0.350. The SMILES string of the molecule is C=CC1(OCC)C=CC(OCN(CC)CC)=CC1. The highest BCUT2D eigenvalue weighted by molar-refractivity contribution is 5.28. The van der Waals surface area contributed by atoms with Gasteiger partial charge in [-0.2, -0.15) is 0 Å². The highest BCUT2D eigenvalue weighted by Gasteiger charge is 2.25. The maximum atomic E-state index is 5.75. The molecule has 0 saturated carbocycles. The minimum atomic E-state index is -0.350. The van der Waals surface area contributed by atoms with E-state index < -0.39 is 0 Å². The van der Waals surface area contributed by atoms with Gasteiger partial charge in [-0.15, -0.1) is 0 Å².